The van der Waals surface area contributed by atoms with E-state index in [9.17, 15) is 46.8 Å². The number of hydrogen-bond acceptors (Lipinski definition) is 19. The summed E-state index contributed by atoms with van der Waals surface area (Å²) in [7, 11) is -4.51. The summed E-state index contributed by atoms with van der Waals surface area (Å²) in [5, 5.41) is 38.1. The van der Waals surface area contributed by atoms with E-state index in [2.05, 4.69) is 64.4 Å². The number of carbonyl (C=O) groups is 12. The van der Waals surface area contributed by atoms with E-state index < -0.39 is 203 Å². The van der Waals surface area contributed by atoms with Gasteiger partial charge in [0.2, 0.25) is 70.9 Å². The van der Waals surface area contributed by atoms with Crippen molar-refractivity contribution in [1.82, 2.24) is 62.8 Å². The fourth-order valence-corrected chi connectivity index (χ4v) is 16.0. The quantitative estimate of drug-likeness (QED) is 0.00895. The van der Waals surface area contributed by atoms with Gasteiger partial charge in [-0.15, -0.1) is 12.3 Å². The van der Waals surface area contributed by atoms with Crippen LogP contribution in [0.4, 0.5) is 4.79 Å². The first-order chi connectivity index (χ1) is 57.2. The van der Waals surface area contributed by atoms with Crippen LogP contribution in [0.15, 0.2) is 95.9 Å². The van der Waals surface area contributed by atoms with E-state index in [1.165, 1.54) is 6.92 Å². The fourth-order valence-electron chi connectivity index (χ4n) is 14.1. The van der Waals surface area contributed by atoms with Crippen LogP contribution < -0.4 is 80.4 Å². The largest absolute Gasteiger partial charge is 0.487 e. The van der Waals surface area contributed by atoms with Crippen LogP contribution in [0.25, 0.3) is 0 Å². The van der Waals surface area contributed by atoms with Gasteiger partial charge in [0.15, 0.2) is 0 Å². The standard InChI is InChI=1S/C88H130N16O17S/c1-18-34-64(77(110)100-68(49-53(3)4)80(113)97-63(75(90)108)43-33-48-104(83(91)92)122(117,118)74-56(7)55(6)73-62(57(74)8)50-87(16,17)120-73)98-79(112)67(44-45-70(106)103-88(59-35-23-20-24-36-59,60-37-25-21-26-38-60)61-39-27-22-28-40-61)99-82(115)72(54(5)19-2)102-81(114)69(52-119-85(10,11)12)101-78(111)66(41-29-31-46-89)96-71(107)51-94-76(109)65(95-58(9)105)42-30-32-47-93-84(116)121-86(13,14)15/h1,20-28,35-40,53-54,63-69,72H,19,29-34,41-52,89H2,2-17H3,(H2,90,108)(H3,91,92)(H,93,116)(H,94,109)(H,95,105)(H,96,107)(H,97,113)(H,98,112)(H,99,115)(H,100,110)(H,101,111)(H,102,114)(H,103,106)/t54-,63-,64-,65-,66-,67-,68-,69-,72-/m0/s1. The zero-order valence-corrected chi connectivity index (χ0v) is 74.3. The van der Waals surface area contributed by atoms with Crippen LogP contribution in [-0.2, 0) is 84.2 Å². The summed E-state index contributed by atoms with van der Waals surface area (Å²) in [5.74, 6) is -8.29. The number of nitrogens with two attached hydrogens (primary N) is 3. The number of hydrogen-bond donors (Lipinski definition) is 15. The number of guanidine groups is 1. The average Bonchev–Trinajstić information content (AvgIpc) is 1.49. The van der Waals surface area contributed by atoms with Crippen LogP contribution in [0.2, 0.25) is 0 Å². The van der Waals surface area contributed by atoms with Gasteiger partial charge in [0.05, 0.1) is 23.6 Å². The molecule has 4 aromatic rings. The highest BCUT2D eigenvalue weighted by molar-refractivity contribution is 7.89. The number of nitrogens with one attached hydrogen (secondary N) is 12. The lowest BCUT2D eigenvalue weighted by Gasteiger charge is -2.37. The molecule has 0 aromatic heterocycles. The number of ether oxygens (including phenoxy) is 3. The van der Waals surface area contributed by atoms with Crippen molar-refractivity contribution in [3.8, 4) is 18.1 Å². The van der Waals surface area contributed by atoms with Gasteiger partial charge in [0.1, 0.15) is 70.8 Å². The summed E-state index contributed by atoms with van der Waals surface area (Å²) in [4.78, 5) is 169. The molecule has 0 spiro atoms. The Morgan fingerprint density at radius 1 is 0.590 bits per heavy atom. The van der Waals surface area contributed by atoms with Crippen molar-refractivity contribution in [2.24, 2.45) is 29.0 Å². The van der Waals surface area contributed by atoms with Crippen LogP contribution in [0, 0.1) is 50.4 Å². The Balaban J connectivity index is 1.45. The lowest BCUT2D eigenvalue weighted by Crippen LogP contribution is -2.61. The minimum atomic E-state index is -4.51. The predicted octanol–water partition coefficient (Wildman–Crippen LogP) is 5.13. The monoisotopic (exact) mass is 1710 g/mol. The molecule has 0 fully saturated rings. The van der Waals surface area contributed by atoms with Crippen LogP contribution in [0.3, 0.4) is 0 Å². The molecule has 0 saturated heterocycles. The minimum absolute atomic E-state index is 0.000523. The van der Waals surface area contributed by atoms with Gasteiger partial charge in [-0.1, -0.05) is 125 Å². The number of primary amides is 1. The Bertz CT molecular complexity index is 4360. The van der Waals surface area contributed by atoms with E-state index in [0.29, 0.717) is 81.1 Å². The number of fused-ring (bicyclic) bond motifs is 1. The maximum absolute atomic E-state index is 15.3. The van der Waals surface area contributed by atoms with E-state index in [-0.39, 0.29) is 62.4 Å². The van der Waals surface area contributed by atoms with Gasteiger partial charge in [-0.2, -0.15) is 0 Å². The van der Waals surface area contributed by atoms with E-state index in [1.54, 1.807) is 90.0 Å². The molecule has 18 N–H and O–H groups in total. The molecule has 34 heteroatoms. The van der Waals surface area contributed by atoms with Gasteiger partial charge in [0.25, 0.3) is 10.0 Å². The van der Waals surface area contributed by atoms with Crippen molar-refractivity contribution in [2.75, 3.05) is 32.8 Å². The normalized spacial score (nSPS) is 14.7. The van der Waals surface area contributed by atoms with Crippen molar-refractivity contribution in [2.45, 2.75) is 276 Å². The van der Waals surface area contributed by atoms with Crippen LogP contribution >= 0.6 is 0 Å². The molecule has 0 unspecified atom stereocenters. The Hall–Kier alpha value is -11.2. The maximum Gasteiger partial charge on any atom is 0.407 e. The molecule has 122 heavy (non-hydrogen) atoms. The number of nitrogens with zero attached hydrogens (tertiary/aromatic N) is 1. The first-order valence-corrected chi connectivity index (χ1v) is 43.0. The summed E-state index contributed by atoms with van der Waals surface area (Å²) in [5.41, 5.74) is 18.3. The molecule has 670 valence electrons. The number of amides is 12. The molecule has 12 amide bonds. The zero-order valence-electron chi connectivity index (χ0n) is 73.5. The van der Waals surface area contributed by atoms with Crippen molar-refractivity contribution < 1.29 is 80.2 Å². The molecule has 5 rings (SSSR count). The molecular weight excluding hydrogens is 1590 g/mol. The predicted molar refractivity (Wildman–Crippen MR) is 463 cm³/mol. The van der Waals surface area contributed by atoms with Crippen molar-refractivity contribution in [3.05, 3.63) is 130 Å². The van der Waals surface area contributed by atoms with Gasteiger partial charge in [0, 0.05) is 44.8 Å². The van der Waals surface area contributed by atoms with Crippen LogP contribution in [0.1, 0.15) is 212 Å². The van der Waals surface area contributed by atoms with E-state index in [4.69, 9.17) is 43.2 Å². The third kappa shape index (κ3) is 30.8. The van der Waals surface area contributed by atoms with Gasteiger partial charge in [-0.3, -0.25) is 58.1 Å². The third-order valence-corrected chi connectivity index (χ3v) is 22.7. The molecule has 33 nitrogen and oxygen atoms in total. The first-order valence-electron chi connectivity index (χ1n) is 41.6. The number of benzene rings is 4. The molecular formula is C88H130N16O17S. The van der Waals surface area contributed by atoms with E-state index >= 15 is 19.2 Å². The smallest absolute Gasteiger partial charge is 0.407 e. The second-order valence-electron chi connectivity index (χ2n) is 33.9. The number of terminal acetylenes is 1. The number of alkyl carbamates (subject to hydrolysis) is 1. The Kier molecular flexibility index (Phi) is 38.8. The highest BCUT2D eigenvalue weighted by atomic mass is 32.2. The molecule has 1 aliphatic rings. The van der Waals surface area contributed by atoms with Crippen LogP contribution in [-0.4, -0.2) is 188 Å². The van der Waals surface area contributed by atoms with Crippen molar-refractivity contribution in [3.63, 3.8) is 0 Å². The molecule has 0 aliphatic carbocycles. The lowest BCUT2D eigenvalue weighted by atomic mass is 9.77. The Morgan fingerprint density at radius 2 is 1.08 bits per heavy atom. The highest BCUT2D eigenvalue weighted by Gasteiger charge is 2.43. The van der Waals surface area contributed by atoms with E-state index in [0.717, 1.165) is 0 Å². The molecule has 1 aliphatic heterocycles. The molecule has 0 radical (unpaired) electrons. The topological polar surface area (TPSA) is 504 Å². The summed E-state index contributed by atoms with van der Waals surface area (Å²) < 4.78 is 47.4. The SMILES string of the molecule is C#CC[C@H](NC(=O)[C@H](CCC(=O)NC(c1ccccc1)(c1ccccc1)c1ccccc1)NC(=O)[C@@H](NC(=O)[C@H](COC(C)(C)C)NC(=O)[C@H](CCCCN)NC(=O)CNC(=O)[C@H](CCCCNC(=O)OC(C)(C)C)NC(C)=O)[C@@H](C)CC)C(=O)N[C@@H](CC(C)C)C(=O)N[C@@H](CCCN(C(=N)N)S(=O)(=O)c1c(C)c(C)c2c(c1C)CC(C)(C)O2)C(N)=O. The summed E-state index contributed by atoms with van der Waals surface area (Å²) in [6.07, 6.45) is 5.64. The van der Waals surface area contributed by atoms with Crippen molar-refractivity contribution >= 4 is 87.1 Å². The average molecular weight is 1720 g/mol. The molecule has 0 saturated carbocycles. The number of rotatable bonds is 47. The number of unbranched alkanes of at least 4 members (excludes halogenated alkanes) is 2. The Labute approximate surface area is 718 Å². The molecule has 9 atom stereocenters. The molecule has 4 aromatic carbocycles. The zero-order chi connectivity index (χ0) is 91.2. The third-order valence-electron chi connectivity index (χ3n) is 20.6. The summed E-state index contributed by atoms with van der Waals surface area (Å²) in [6.45, 7) is 26.1. The van der Waals surface area contributed by atoms with E-state index in [1.807, 2.05) is 105 Å². The maximum atomic E-state index is 15.3. The lowest BCUT2D eigenvalue weighted by molar-refractivity contribution is -0.138. The highest BCUT2D eigenvalue weighted by Crippen LogP contribution is 2.45. The van der Waals surface area contributed by atoms with Crippen molar-refractivity contribution in [1.29, 1.82) is 5.41 Å². The summed E-state index contributed by atoms with van der Waals surface area (Å²) >= 11 is 0. The number of sulfonamides is 1. The first kappa shape index (κ1) is 101. The van der Waals surface area contributed by atoms with Gasteiger partial charge in [-0.25, -0.2) is 17.5 Å². The van der Waals surface area contributed by atoms with Gasteiger partial charge >= 0.3 is 6.09 Å². The van der Waals surface area contributed by atoms with Gasteiger partial charge in [-0.05, 0) is 192 Å². The number of carbonyl (C=O) groups excluding carboxylic acids is 12. The summed E-state index contributed by atoms with van der Waals surface area (Å²) in [6, 6.07) is 15.7. The second-order valence-corrected chi connectivity index (χ2v) is 35.7. The fraction of sp³-hybridized carbons (Fsp3) is 0.557. The molecule has 1 heterocycles. The van der Waals surface area contributed by atoms with Gasteiger partial charge < -0.3 is 89.9 Å². The Morgan fingerprint density at radius 3 is 1.59 bits per heavy atom. The molecule has 0 bridgehead atoms. The van der Waals surface area contributed by atoms with Crippen LogP contribution in [0.5, 0.6) is 5.75 Å². The second kappa shape index (κ2) is 46.7. The minimum Gasteiger partial charge on any atom is -0.487 e.